The van der Waals surface area contributed by atoms with E-state index in [-0.39, 0.29) is 0 Å². The van der Waals surface area contributed by atoms with Gasteiger partial charge in [0.05, 0.1) is 12.4 Å². The normalized spacial score (nSPS) is 36.7. The van der Waals surface area contributed by atoms with Gasteiger partial charge in [-0.25, -0.2) is 0 Å². The third-order valence-electron chi connectivity index (χ3n) is 2.37. The summed E-state index contributed by atoms with van der Waals surface area (Å²) in [4.78, 5) is 0. The van der Waals surface area contributed by atoms with Crippen molar-refractivity contribution in [2.24, 2.45) is 11.8 Å². The van der Waals surface area contributed by atoms with Crippen LogP contribution in [0, 0.1) is 11.8 Å². The number of hydrogen-bond donors (Lipinski definition) is 0. The van der Waals surface area contributed by atoms with Crippen molar-refractivity contribution in [2.45, 2.75) is 13.3 Å². The molecule has 10 heavy (non-hydrogen) atoms. The Labute approximate surface area is 61.4 Å². The van der Waals surface area contributed by atoms with Crippen LogP contribution >= 0.6 is 0 Å². The first-order chi connectivity index (χ1) is 4.88. The van der Waals surface area contributed by atoms with E-state index in [2.05, 4.69) is 25.2 Å². The van der Waals surface area contributed by atoms with E-state index in [1.54, 1.807) is 0 Å². The summed E-state index contributed by atoms with van der Waals surface area (Å²) >= 11 is 0. The second-order valence-corrected chi connectivity index (χ2v) is 3.06. The topological polar surface area (TPSA) is 9.23 Å². The Morgan fingerprint density at radius 3 is 3.30 bits per heavy atom. The van der Waals surface area contributed by atoms with E-state index in [1.807, 2.05) is 0 Å². The van der Waals surface area contributed by atoms with Crippen molar-refractivity contribution in [1.29, 1.82) is 0 Å². The lowest BCUT2D eigenvalue weighted by molar-refractivity contribution is 0.254. The van der Waals surface area contributed by atoms with Crippen molar-refractivity contribution in [2.75, 3.05) is 6.61 Å². The molecule has 1 nitrogen and oxygen atoms in total. The molecule has 0 saturated carbocycles. The van der Waals surface area contributed by atoms with Crippen molar-refractivity contribution in [1.82, 2.24) is 0 Å². The maximum atomic E-state index is 5.44. The average molecular weight is 136 g/mol. The van der Waals surface area contributed by atoms with Crippen molar-refractivity contribution in [3.05, 3.63) is 24.0 Å². The summed E-state index contributed by atoms with van der Waals surface area (Å²) in [6.07, 6.45) is 7.65. The van der Waals surface area contributed by atoms with Crippen LogP contribution in [0.4, 0.5) is 0 Å². The van der Waals surface area contributed by atoms with E-state index in [9.17, 15) is 0 Å². The highest BCUT2D eigenvalue weighted by atomic mass is 16.5. The molecule has 0 amide bonds. The van der Waals surface area contributed by atoms with Crippen molar-refractivity contribution >= 4 is 0 Å². The first-order valence-corrected chi connectivity index (χ1v) is 3.89. The molecule has 54 valence electrons. The highest BCUT2D eigenvalue weighted by Crippen LogP contribution is 2.34. The maximum Gasteiger partial charge on any atom is 0.0997 e. The molecule has 1 aliphatic carbocycles. The van der Waals surface area contributed by atoms with Crippen LogP contribution in [0.15, 0.2) is 24.0 Å². The van der Waals surface area contributed by atoms with Crippen molar-refractivity contribution < 1.29 is 4.74 Å². The number of ether oxygens (including phenoxy) is 1. The Balaban J connectivity index is 2.25. The van der Waals surface area contributed by atoms with Gasteiger partial charge in [0.15, 0.2) is 0 Å². The minimum atomic E-state index is 0.683. The molecule has 0 N–H and O–H groups in total. The van der Waals surface area contributed by atoms with E-state index >= 15 is 0 Å². The zero-order valence-electron chi connectivity index (χ0n) is 6.21. The van der Waals surface area contributed by atoms with E-state index in [0.717, 1.165) is 6.61 Å². The Hall–Kier alpha value is -0.720. The fourth-order valence-corrected chi connectivity index (χ4v) is 1.71. The van der Waals surface area contributed by atoms with Gasteiger partial charge in [0.2, 0.25) is 0 Å². The van der Waals surface area contributed by atoms with Gasteiger partial charge in [-0.3, -0.25) is 0 Å². The minimum absolute atomic E-state index is 0.683. The third-order valence-corrected chi connectivity index (χ3v) is 2.37. The molecule has 0 spiro atoms. The Morgan fingerprint density at radius 2 is 2.50 bits per heavy atom. The lowest BCUT2D eigenvalue weighted by atomic mass is 9.88. The van der Waals surface area contributed by atoms with Gasteiger partial charge < -0.3 is 4.74 Å². The minimum Gasteiger partial charge on any atom is -0.498 e. The maximum absolute atomic E-state index is 5.44. The zero-order valence-corrected chi connectivity index (χ0v) is 6.21. The molecule has 1 heterocycles. The number of fused-ring (bicyclic) bond motifs is 1. The quantitative estimate of drug-likeness (QED) is 0.495. The lowest BCUT2D eigenvalue weighted by Gasteiger charge is -2.17. The number of allylic oxidation sites excluding steroid dienone is 4. The third kappa shape index (κ3) is 0.772. The highest BCUT2D eigenvalue weighted by molar-refractivity contribution is 5.20. The van der Waals surface area contributed by atoms with Gasteiger partial charge in [0, 0.05) is 5.92 Å². The summed E-state index contributed by atoms with van der Waals surface area (Å²) in [6.45, 7) is 3.17. The van der Waals surface area contributed by atoms with Gasteiger partial charge in [0.25, 0.3) is 0 Å². The SMILES string of the molecule is C[C@@H]1C=CC=C2OCCC21. The molecule has 1 aliphatic heterocycles. The number of hydrogen-bond acceptors (Lipinski definition) is 1. The first-order valence-electron chi connectivity index (χ1n) is 3.89. The van der Waals surface area contributed by atoms with Crippen LogP contribution in [-0.4, -0.2) is 6.61 Å². The molecule has 2 atom stereocenters. The second-order valence-electron chi connectivity index (χ2n) is 3.06. The molecule has 1 heteroatoms. The molecule has 0 radical (unpaired) electrons. The van der Waals surface area contributed by atoms with E-state index in [1.165, 1.54) is 12.2 Å². The predicted molar refractivity (Wildman–Crippen MR) is 40.4 cm³/mol. The Bertz CT molecular complexity index is 191. The van der Waals surface area contributed by atoms with E-state index in [0.29, 0.717) is 11.8 Å². The van der Waals surface area contributed by atoms with Gasteiger partial charge in [-0.2, -0.15) is 0 Å². The predicted octanol–water partition coefficient (Wildman–Crippen LogP) is 2.11. The first kappa shape index (κ1) is 6.02. The summed E-state index contributed by atoms with van der Waals surface area (Å²) in [5, 5.41) is 0. The van der Waals surface area contributed by atoms with E-state index < -0.39 is 0 Å². The van der Waals surface area contributed by atoms with Crippen LogP contribution in [0.2, 0.25) is 0 Å². The summed E-state index contributed by atoms with van der Waals surface area (Å²) < 4.78 is 5.44. The molecule has 1 fully saturated rings. The van der Waals surface area contributed by atoms with Gasteiger partial charge in [-0.15, -0.1) is 0 Å². The summed E-state index contributed by atoms with van der Waals surface area (Å²) in [5.41, 5.74) is 0. The van der Waals surface area contributed by atoms with Gasteiger partial charge in [-0.05, 0) is 18.4 Å². The van der Waals surface area contributed by atoms with Gasteiger partial charge in [0.1, 0.15) is 0 Å². The molecule has 0 aromatic carbocycles. The fourth-order valence-electron chi connectivity index (χ4n) is 1.71. The smallest absolute Gasteiger partial charge is 0.0997 e. The van der Waals surface area contributed by atoms with Gasteiger partial charge in [-0.1, -0.05) is 19.1 Å². The second kappa shape index (κ2) is 2.15. The van der Waals surface area contributed by atoms with Crippen LogP contribution in [-0.2, 0) is 4.74 Å². The molecular weight excluding hydrogens is 124 g/mol. The molecule has 1 saturated heterocycles. The summed E-state index contributed by atoms with van der Waals surface area (Å²) in [5.74, 6) is 2.57. The molecule has 2 aliphatic rings. The number of rotatable bonds is 0. The Kier molecular flexibility index (Phi) is 1.30. The van der Waals surface area contributed by atoms with Crippen LogP contribution in [0.25, 0.3) is 0 Å². The summed E-state index contributed by atoms with van der Waals surface area (Å²) in [6, 6.07) is 0. The van der Waals surface area contributed by atoms with Crippen LogP contribution in [0.1, 0.15) is 13.3 Å². The largest absolute Gasteiger partial charge is 0.498 e. The van der Waals surface area contributed by atoms with E-state index in [4.69, 9.17) is 4.74 Å². The lowest BCUT2D eigenvalue weighted by Crippen LogP contribution is -2.09. The average Bonchev–Trinajstić information content (AvgIpc) is 2.36. The molecule has 0 aromatic heterocycles. The fraction of sp³-hybridized carbons (Fsp3) is 0.556. The molecule has 1 unspecified atom stereocenters. The standard InChI is InChI=1S/C9H12O/c1-7-3-2-4-9-8(7)5-6-10-9/h2-4,7-8H,5-6H2,1H3/t7-,8?/m1/s1. The molecule has 0 aromatic rings. The monoisotopic (exact) mass is 136 g/mol. The molecular formula is C9H12O. The Morgan fingerprint density at radius 1 is 1.60 bits per heavy atom. The highest BCUT2D eigenvalue weighted by Gasteiger charge is 2.27. The molecule has 2 rings (SSSR count). The van der Waals surface area contributed by atoms with Crippen LogP contribution in [0.3, 0.4) is 0 Å². The zero-order chi connectivity index (χ0) is 6.97. The van der Waals surface area contributed by atoms with Crippen LogP contribution < -0.4 is 0 Å². The molecule has 0 bridgehead atoms. The van der Waals surface area contributed by atoms with Crippen molar-refractivity contribution in [3.63, 3.8) is 0 Å². The van der Waals surface area contributed by atoms with Crippen LogP contribution in [0.5, 0.6) is 0 Å². The van der Waals surface area contributed by atoms with Gasteiger partial charge >= 0.3 is 0 Å². The summed E-state index contributed by atoms with van der Waals surface area (Å²) in [7, 11) is 0. The van der Waals surface area contributed by atoms with Crippen molar-refractivity contribution in [3.8, 4) is 0 Å².